The summed E-state index contributed by atoms with van der Waals surface area (Å²) in [5.74, 6) is -0.723. The molecule has 1 aromatic carbocycles. The number of hydrogen-bond acceptors (Lipinski definition) is 5. The maximum atomic E-state index is 12.9. The highest BCUT2D eigenvalue weighted by atomic mass is 32.1. The van der Waals surface area contributed by atoms with Crippen LogP contribution in [-0.2, 0) is 11.3 Å². The molecule has 0 bridgehead atoms. The van der Waals surface area contributed by atoms with Gasteiger partial charge in [0.05, 0.1) is 12.0 Å². The highest BCUT2D eigenvalue weighted by Gasteiger charge is 2.08. The lowest BCUT2D eigenvalue weighted by Gasteiger charge is -2.06. The molecule has 6 nitrogen and oxygen atoms in total. The number of amides is 1. The Hall–Kier alpha value is -2.87. The third-order valence-corrected chi connectivity index (χ3v) is 3.70. The van der Waals surface area contributed by atoms with Gasteiger partial charge < -0.3 is 5.32 Å². The van der Waals surface area contributed by atoms with Gasteiger partial charge in [-0.05, 0) is 24.3 Å². The molecule has 3 aromatic rings. The third-order valence-electron chi connectivity index (χ3n) is 3.01. The molecule has 0 atom stereocenters. The molecule has 0 aliphatic carbocycles. The summed E-state index contributed by atoms with van der Waals surface area (Å²) in [6, 6.07) is 6.98. The minimum Gasteiger partial charge on any atom is -0.300 e. The molecule has 23 heavy (non-hydrogen) atoms. The minimum atomic E-state index is -0.367. The van der Waals surface area contributed by atoms with Crippen LogP contribution in [0, 0.1) is 5.82 Å². The maximum absolute atomic E-state index is 12.9. The molecule has 2 heterocycles. The van der Waals surface area contributed by atoms with Crippen molar-refractivity contribution in [3.8, 4) is 11.3 Å². The van der Waals surface area contributed by atoms with Gasteiger partial charge in [0.25, 0.3) is 5.56 Å². The molecule has 8 heteroatoms. The van der Waals surface area contributed by atoms with E-state index in [0.717, 1.165) is 0 Å². The normalized spacial score (nSPS) is 10.5. The number of carbonyl (C=O) groups is 1. The van der Waals surface area contributed by atoms with Crippen LogP contribution in [0.1, 0.15) is 0 Å². The second kappa shape index (κ2) is 6.49. The SMILES string of the molecule is O=C(Cn1cnc(-c2ccc(F)cc2)cc1=O)Nc1nccs1. The lowest BCUT2D eigenvalue weighted by atomic mass is 10.1. The van der Waals surface area contributed by atoms with Crippen molar-refractivity contribution >= 4 is 22.4 Å². The first-order valence-electron chi connectivity index (χ1n) is 6.63. The molecule has 0 unspecified atom stereocenters. The van der Waals surface area contributed by atoms with Gasteiger partial charge >= 0.3 is 0 Å². The van der Waals surface area contributed by atoms with Crippen LogP contribution >= 0.6 is 11.3 Å². The van der Waals surface area contributed by atoms with Gasteiger partial charge in [0, 0.05) is 23.2 Å². The predicted octanol–water partition coefficient (Wildman–Crippen LogP) is 2.14. The summed E-state index contributed by atoms with van der Waals surface area (Å²) >= 11 is 1.29. The first-order valence-corrected chi connectivity index (χ1v) is 7.51. The summed E-state index contributed by atoms with van der Waals surface area (Å²) < 4.78 is 14.1. The van der Waals surface area contributed by atoms with E-state index in [4.69, 9.17) is 0 Å². The van der Waals surface area contributed by atoms with Crippen LogP contribution in [0.25, 0.3) is 11.3 Å². The van der Waals surface area contributed by atoms with Crippen LogP contribution in [0.15, 0.2) is 53.0 Å². The number of nitrogens with one attached hydrogen (secondary N) is 1. The average molecular weight is 330 g/mol. The van der Waals surface area contributed by atoms with E-state index >= 15 is 0 Å². The lowest BCUT2D eigenvalue weighted by Crippen LogP contribution is -2.27. The fraction of sp³-hybridized carbons (Fsp3) is 0.0667. The number of anilines is 1. The van der Waals surface area contributed by atoms with Gasteiger partial charge in [-0.1, -0.05) is 0 Å². The quantitative estimate of drug-likeness (QED) is 0.795. The lowest BCUT2D eigenvalue weighted by molar-refractivity contribution is -0.116. The molecule has 0 aliphatic heterocycles. The zero-order valence-electron chi connectivity index (χ0n) is 11.8. The zero-order valence-corrected chi connectivity index (χ0v) is 12.6. The fourth-order valence-corrected chi connectivity index (χ4v) is 2.47. The van der Waals surface area contributed by atoms with Gasteiger partial charge in [0.1, 0.15) is 12.4 Å². The van der Waals surface area contributed by atoms with Gasteiger partial charge in [0.15, 0.2) is 5.13 Å². The summed E-state index contributed by atoms with van der Waals surface area (Å²) in [5, 5.41) is 4.80. The van der Waals surface area contributed by atoms with Crippen LogP contribution in [0.5, 0.6) is 0 Å². The molecule has 0 fully saturated rings. The molecule has 116 valence electrons. The smallest absolute Gasteiger partial charge is 0.254 e. The van der Waals surface area contributed by atoms with Crippen LogP contribution in [-0.4, -0.2) is 20.4 Å². The van der Waals surface area contributed by atoms with Crippen LogP contribution in [0.3, 0.4) is 0 Å². The monoisotopic (exact) mass is 330 g/mol. The van der Waals surface area contributed by atoms with E-state index in [9.17, 15) is 14.0 Å². The number of benzene rings is 1. The van der Waals surface area contributed by atoms with E-state index in [1.54, 1.807) is 11.6 Å². The largest absolute Gasteiger partial charge is 0.300 e. The molecular weight excluding hydrogens is 319 g/mol. The van der Waals surface area contributed by atoms with Crippen molar-refractivity contribution in [3.63, 3.8) is 0 Å². The van der Waals surface area contributed by atoms with Crippen LogP contribution in [0.4, 0.5) is 9.52 Å². The molecule has 0 aliphatic rings. The average Bonchev–Trinajstić information content (AvgIpc) is 3.03. The summed E-state index contributed by atoms with van der Waals surface area (Å²) in [4.78, 5) is 32.0. The van der Waals surface area contributed by atoms with E-state index < -0.39 is 0 Å². The molecule has 3 rings (SSSR count). The van der Waals surface area contributed by atoms with E-state index in [1.807, 2.05) is 0 Å². The highest BCUT2D eigenvalue weighted by Crippen LogP contribution is 2.15. The zero-order chi connectivity index (χ0) is 16.2. The Morgan fingerprint density at radius 2 is 2.04 bits per heavy atom. The Kier molecular flexibility index (Phi) is 4.24. The van der Waals surface area contributed by atoms with Crippen molar-refractivity contribution in [2.75, 3.05) is 5.32 Å². The van der Waals surface area contributed by atoms with Crippen molar-refractivity contribution in [1.29, 1.82) is 0 Å². The summed E-state index contributed by atoms with van der Waals surface area (Å²) in [5.41, 5.74) is 0.683. The molecule has 0 radical (unpaired) electrons. The standard InChI is InChI=1S/C15H11FN4O2S/c16-11-3-1-10(2-4-11)12-7-14(22)20(9-18-12)8-13(21)19-15-17-5-6-23-15/h1-7,9H,8H2,(H,17,19,21). The summed E-state index contributed by atoms with van der Waals surface area (Å²) in [6.07, 6.45) is 2.87. The molecule has 0 spiro atoms. The number of rotatable bonds is 4. The number of aromatic nitrogens is 3. The number of hydrogen-bond donors (Lipinski definition) is 1. The predicted molar refractivity (Wildman–Crippen MR) is 84.6 cm³/mol. The van der Waals surface area contributed by atoms with Gasteiger partial charge in [-0.15, -0.1) is 11.3 Å². The first kappa shape index (κ1) is 15.0. The van der Waals surface area contributed by atoms with Gasteiger partial charge in [0.2, 0.25) is 5.91 Å². The van der Waals surface area contributed by atoms with E-state index in [-0.39, 0.29) is 23.8 Å². The second-order valence-corrected chi connectivity index (χ2v) is 5.53. The fourth-order valence-electron chi connectivity index (χ4n) is 1.92. The Balaban J connectivity index is 1.75. The van der Waals surface area contributed by atoms with E-state index in [1.165, 1.54) is 52.6 Å². The first-order chi connectivity index (χ1) is 11.1. The third kappa shape index (κ3) is 3.67. The maximum Gasteiger partial charge on any atom is 0.254 e. The topological polar surface area (TPSA) is 76.9 Å². The van der Waals surface area contributed by atoms with Gasteiger partial charge in [-0.25, -0.2) is 14.4 Å². The molecule has 1 amide bonds. The highest BCUT2D eigenvalue weighted by molar-refractivity contribution is 7.13. The molecular formula is C15H11FN4O2S. The van der Waals surface area contributed by atoms with Crippen molar-refractivity contribution in [3.05, 3.63) is 64.4 Å². The van der Waals surface area contributed by atoms with E-state index in [2.05, 4.69) is 15.3 Å². The number of nitrogens with zero attached hydrogens (tertiary/aromatic N) is 3. The molecule has 2 aromatic heterocycles. The summed E-state index contributed by atoms with van der Waals surface area (Å²) in [6.45, 7) is -0.158. The Morgan fingerprint density at radius 1 is 1.26 bits per heavy atom. The number of thiazole rings is 1. The van der Waals surface area contributed by atoms with Crippen LogP contribution < -0.4 is 10.9 Å². The molecule has 1 N–H and O–H groups in total. The Morgan fingerprint density at radius 3 is 2.70 bits per heavy atom. The number of carbonyl (C=O) groups excluding carboxylic acids is 1. The Bertz CT molecular complexity index is 875. The van der Waals surface area contributed by atoms with Crippen LogP contribution in [0.2, 0.25) is 0 Å². The molecule has 0 saturated carbocycles. The Labute approximate surface area is 134 Å². The molecule has 0 saturated heterocycles. The van der Waals surface area contributed by atoms with Crippen molar-refractivity contribution in [1.82, 2.24) is 14.5 Å². The van der Waals surface area contributed by atoms with E-state index in [0.29, 0.717) is 16.4 Å². The summed E-state index contributed by atoms with van der Waals surface area (Å²) in [7, 11) is 0. The van der Waals surface area contributed by atoms with Gasteiger partial charge in [-0.3, -0.25) is 14.2 Å². The second-order valence-electron chi connectivity index (χ2n) is 4.63. The van der Waals surface area contributed by atoms with Crippen molar-refractivity contribution in [2.24, 2.45) is 0 Å². The minimum absolute atomic E-state index is 0.158. The van der Waals surface area contributed by atoms with Crippen molar-refractivity contribution in [2.45, 2.75) is 6.54 Å². The number of halogens is 1. The van der Waals surface area contributed by atoms with Gasteiger partial charge in [-0.2, -0.15) is 0 Å². The van der Waals surface area contributed by atoms with Crippen molar-refractivity contribution < 1.29 is 9.18 Å².